The summed E-state index contributed by atoms with van der Waals surface area (Å²) < 4.78 is 22.3. The Labute approximate surface area is 177 Å². The second kappa shape index (κ2) is 9.30. The van der Waals surface area contributed by atoms with E-state index < -0.39 is 0 Å². The molecule has 0 aliphatic heterocycles. The van der Waals surface area contributed by atoms with Gasteiger partial charge in [0.2, 0.25) is 5.78 Å². The number of nitrogens with zero attached hydrogens (tertiary/aromatic N) is 4. The number of halogens is 1. The summed E-state index contributed by atoms with van der Waals surface area (Å²) in [6.07, 6.45) is 3.06. The minimum absolute atomic E-state index is 0.0298. The third-order valence-corrected chi connectivity index (χ3v) is 5.75. The number of ether oxygens (including phenoxy) is 1. The molecule has 0 aliphatic rings. The van der Waals surface area contributed by atoms with Gasteiger partial charge in [0.1, 0.15) is 11.6 Å². The summed E-state index contributed by atoms with van der Waals surface area (Å²) >= 11 is 1.51. The second-order valence-electron chi connectivity index (χ2n) is 6.95. The van der Waals surface area contributed by atoms with E-state index in [4.69, 9.17) is 4.74 Å². The first-order valence-corrected chi connectivity index (χ1v) is 11.1. The predicted octanol–water partition coefficient (Wildman–Crippen LogP) is 4.54. The largest absolute Gasteiger partial charge is 0.493 e. The Bertz CT molecular complexity index is 1200. The Morgan fingerprint density at radius 2 is 1.87 bits per heavy atom. The highest BCUT2D eigenvalue weighted by atomic mass is 32.2. The molecule has 0 aliphatic carbocycles. The molecule has 0 atom stereocenters. The molecule has 6 nitrogen and oxygen atoms in total. The molecule has 0 spiro atoms. The number of unbranched alkanes of at least 4 members (excludes halogenated alkanes) is 2. The van der Waals surface area contributed by atoms with Gasteiger partial charge in [-0.3, -0.25) is 13.8 Å². The molecule has 30 heavy (non-hydrogen) atoms. The maximum Gasteiger partial charge on any atom is 0.262 e. The Morgan fingerprint density at radius 1 is 1.07 bits per heavy atom. The van der Waals surface area contributed by atoms with Crippen LogP contribution in [0.4, 0.5) is 4.39 Å². The molecule has 0 bridgehead atoms. The SMILES string of the molecule is CCCCCn1c(=O)c2ccccc2n2c(SCCOc3ccc(F)cc3)nnc12. The highest BCUT2D eigenvalue weighted by Crippen LogP contribution is 2.22. The fourth-order valence-electron chi connectivity index (χ4n) is 3.37. The highest BCUT2D eigenvalue weighted by Gasteiger charge is 2.16. The van der Waals surface area contributed by atoms with Crippen molar-refractivity contribution in [2.75, 3.05) is 12.4 Å². The average Bonchev–Trinajstić information content (AvgIpc) is 3.19. The Balaban J connectivity index is 1.59. The standard InChI is InChI=1S/C22H23FN4O2S/c1-2-3-6-13-26-20(28)18-7-4-5-8-19(18)27-21(26)24-25-22(27)30-15-14-29-17-11-9-16(23)10-12-17/h4-5,7-12H,2-3,6,13-15H2,1H3. The van der Waals surface area contributed by atoms with Crippen LogP contribution in [0.1, 0.15) is 26.2 Å². The Morgan fingerprint density at radius 3 is 2.67 bits per heavy atom. The molecule has 2 aromatic carbocycles. The van der Waals surface area contributed by atoms with Crippen molar-refractivity contribution in [1.82, 2.24) is 19.2 Å². The van der Waals surface area contributed by atoms with Gasteiger partial charge in [-0.1, -0.05) is 43.7 Å². The smallest absolute Gasteiger partial charge is 0.262 e. The summed E-state index contributed by atoms with van der Waals surface area (Å²) in [4.78, 5) is 13.0. The van der Waals surface area contributed by atoms with Gasteiger partial charge in [0, 0.05) is 12.3 Å². The highest BCUT2D eigenvalue weighted by molar-refractivity contribution is 7.99. The van der Waals surface area contributed by atoms with E-state index in [1.165, 1.54) is 23.9 Å². The van der Waals surface area contributed by atoms with Crippen molar-refractivity contribution >= 4 is 28.4 Å². The lowest BCUT2D eigenvalue weighted by Gasteiger charge is -2.11. The summed E-state index contributed by atoms with van der Waals surface area (Å²) in [7, 11) is 0. The second-order valence-corrected chi connectivity index (χ2v) is 8.01. The van der Waals surface area contributed by atoms with Gasteiger partial charge in [-0.05, 0) is 42.8 Å². The molecule has 8 heteroatoms. The molecule has 0 radical (unpaired) electrons. The first-order chi connectivity index (χ1) is 14.7. The van der Waals surface area contributed by atoms with Crippen LogP contribution in [0.15, 0.2) is 58.5 Å². The van der Waals surface area contributed by atoms with Crippen molar-refractivity contribution < 1.29 is 9.13 Å². The van der Waals surface area contributed by atoms with Gasteiger partial charge >= 0.3 is 0 Å². The van der Waals surface area contributed by atoms with Crippen molar-refractivity contribution in [2.24, 2.45) is 0 Å². The van der Waals surface area contributed by atoms with E-state index in [1.54, 1.807) is 16.7 Å². The number of thioether (sulfide) groups is 1. The van der Waals surface area contributed by atoms with E-state index in [0.717, 1.165) is 24.8 Å². The van der Waals surface area contributed by atoms with Gasteiger partial charge in [0.05, 0.1) is 17.5 Å². The first kappa shape index (κ1) is 20.4. The van der Waals surface area contributed by atoms with Crippen LogP contribution in [0.5, 0.6) is 5.75 Å². The monoisotopic (exact) mass is 426 g/mol. The van der Waals surface area contributed by atoms with Crippen molar-refractivity contribution in [3.8, 4) is 5.75 Å². The number of aryl methyl sites for hydroxylation is 1. The first-order valence-electron chi connectivity index (χ1n) is 10.1. The Hall–Kier alpha value is -2.87. The molecule has 2 heterocycles. The van der Waals surface area contributed by atoms with E-state index in [2.05, 4.69) is 17.1 Å². The van der Waals surface area contributed by atoms with Crippen LogP contribution in [0, 0.1) is 5.82 Å². The molecule has 0 saturated heterocycles. The van der Waals surface area contributed by atoms with E-state index in [1.807, 2.05) is 28.7 Å². The number of benzene rings is 2. The number of rotatable bonds is 9. The molecular formula is C22H23FN4O2S. The van der Waals surface area contributed by atoms with E-state index in [-0.39, 0.29) is 11.4 Å². The number of aromatic nitrogens is 4. The van der Waals surface area contributed by atoms with Crippen LogP contribution in [-0.2, 0) is 6.54 Å². The zero-order valence-electron chi connectivity index (χ0n) is 16.8. The van der Waals surface area contributed by atoms with Gasteiger partial charge in [-0.25, -0.2) is 4.39 Å². The summed E-state index contributed by atoms with van der Waals surface area (Å²) in [5, 5.41) is 10.0. The van der Waals surface area contributed by atoms with E-state index in [9.17, 15) is 9.18 Å². The summed E-state index contributed by atoms with van der Waals surface area (Å²) in [5.74, 6) is 1.54. The van der Waals surface area contributed by atoms with Crippen LogP contribution in [0.25, 0.3) is 16.7 Å². The van der Waals surface area contributed by atoms with E-state index in [0.29, 0.717) is 41.0 Å². The summed E-state index contributed by atoms with van der Waals surface area (Å²) in [5.41, 5.74) is 0.772. The van der Waals surface area contributed by atoms with Crippen molar-refractivity contribution in [2.45, 2.75) is 37.9 Å². The maximum atomic E-state index is 13.0. The van der Waals surface area contributed by atoms with Crippen molar-refractivity contribution in [3.63, 3.8) is 0 Å². The number of para-hydroxylation sites is 1. The molecule has 0 amide bonds. The predicted molar refractivity (Wildman–Crippen MR) is 117 cm³/mol. The third kappa shape index (κ3) is 4.18. The molecule has 2 aromatic heterocycles. The maximum absolute atomic E-state index is 13.0. The van der Waals surface area contributed by atoms with Gasteiger partial charge < -0.3 is 4.74 Å². The van der Waals surface area contributed by atoms with E-state index >= 15 is 0 Å². The minimum Gasteiger partial charge on any atom is -0.493 e. The lowest BCUT2D eigenvalue weighted by atomic mass is 10.2. The number of hydrogen-bond acceptors (Lipinski definition) is 5. The van der Waals surface area contributed by atoms with Gasteiger partial charge in [0.15, 0.2) is 5.16 Å². The molecule has 0 fully saturated rings. The normalized spacial score (nSPS) is 11.4. The number of hydrogen-bond donors (Lipinski definition) is 0. The van der Waals surface area contributed by atoms with Crippen molar-refractivity contribution in [3.05, 3.63) is 64.7 Å². The minimum atomic E-state index is -0.288. The van der Waals surface area contributed by atoms with Crippen molar-refractivity contribution in [1.29, 1.82) is 0 Å². The van der Waals surface area contributed by atoms with Gasteiger partial charge in [-0.2, -0.15) is 0 Å². The molecular weight excluding hydrogens is 403 g/mol. The zero-order chi connectivity index (χ0) is 20.9. The Kier molecular flexibility index (Phi) is 6.32. The average molecular weight is 427 g/mol. The van der Waals surface area contributed by atoms with Gasteiger partial charge in [-0.15, -0.1) is 10.2 Å². The van der Waals surface area contributed by atoms with Crippen LogP contribution >= 0.6 is 11.8 Å². The fourth-order valence-corrected chi connectivity index (χ4v) is 4.13. The molecule has 4 rings (SSSR count). The summed E-state index contributed by atoms with van der Waals surface area (Å²) in [6, 6.07) is 13.5. The lowest BCUT2D eigenvalue weighted by molar-refractivity contribution is 0.343. The summed E-state index contributed by atoms with van der Waals surface area (Å²) in [6.45, 7) is 3.20. The number of fused-ring (bicyclic) bond motifs is 3. The lowest BCUT2D eigenvalue weighted by Crippen LogP contribution is -2.23. The quantitative estimate of drug-likeness (QED) is 0.290. The van der Waals surface area contributed by atoms with Crippen LogP contribution in [-0.4, -0.2) is 31.5 Å². The molecule has 0 N–H and O–H groups in total. The topological polar surface area (TPSA) is 61.4 Å². The molecule has 0 saturated carbocycles. The molecule has 156 valence electrons. The fraction of sp³-hybridized carbons (Fsp3) is 0.318. The van der Waals surface area contributed by atoms with Crippen LogP contribution in [0.3, 0.4) is 0 Å². The van der Waals surface area contributed by atoms with Gasteiger partial charge in [0.25, 0.3) is 5.56 Å². The van der Waals surface area contributed by atoms with Crippen LogP contribution in [0.2, 0.25) is 0 Å². The molecule has 4 aromatic rings. The zero-order valence-corrected chi connectivity index (χ0v) is 17.6. The third-order valence-electron chi connectivity index (χ3n) is 4.86. The molecule has 0 unspecified atom stereocenters. The van der Waals surface area contributed by atoms with Crippen LogP contribution < -0.4 is 10.3 Å².